The third-order valence-corrected chi connectivity index (χ3v) is 4.86. The Morgan fingerprint density at radius 1 is 1.23 bits per heavy atom. The molecule has 0 fully saturated rings. The van der Waals surface area contributed by atoms with E-state index in [9.17, 15) is 17.6 Å². The molecule has 0 aromatic heterocycles. The minimum absolute atomic E-state index is 0.250. The fourth-order valence-corrected chi connectivity index (χ4v) is 3.63. The van der Waals surface area contributed by atoms with Crippen LogP contribution in [0, 0.1) is 5.82 Å². The number of ketones is 1. The summed E-state index contributed by atoms with van der Waals surface area (Å²) in [5, 5.41) is -0.250. The molecule has 2 N–H and O–H groups in total. The van der Waals surface area contributed by atoms with Gasteiger partial charge >= 0.3 is 10.1 Å². The highest BCUT2D eigenvalue weighted by Gasteiger charge is 2.41. The highest BCUT2D eigenvalue weighted by Crippen LogP contribution is 2.37. The predicted molar refractivity (Wildman–Crippen MR) is 91.6 cm³/mol. The number of Topliss-reactive ketones (excluding diaryl/α,β-unsaturated/α-hetero) is 1. The van der Waals surface area contributed by atoms with Crippen molar-refractivity contribution in [3.63, 3.8) is 0 Å². The van der Waals surface area contributed by atoms with Gasteiger partial charge in [-0.2, -0.15) is 8.42 Å². The summed E-state index contributed by atoms with van der Waals surface area (Å²) in [5.41, 5.74) is 5.37. The van der Waals surface area contributed by atoms with Crippen LogP contribution in [0.15, 0.2) is 60.2 Å². The van der Waals surface area contributed by atoms with E-state index in [1.165, 1.54) is 12.1 Å². The van der Waals surface area contributed by atoms with E-state index >= 15 is 0 Å². The molecule has 1 atom stereocenters. The molecule has 9 heteroatoms. The Kier molecular flexibility index (Phi) is 4.52. The standard InChI is InChI=1S/C17H13ClFNO5S/c18-11-7-4-8-12(19)13(11)15-14(21)16(17(20)24-15)25-26(22,23)9-10-5-2-1-3-6-10/h1-8,15H,9,20H2/t15-/m0/s1/i15D. The Morgan fingerprint density at radius 3 is 2.58 bits per heavy atom. The van der Waals surface area contributed by atoms with E-state index in [1.54, 1.807) is 30.3 Å². The largest absolute Gasteiger partial charge is 0.460 e. The van der Waals surface area contributed by atoms with Gasteiger partial charge in [0.25, 0.3) is 0 Å². The second kappa shape index (κ2) is 6.97. The molecule has 1 aliphatic rings. The zero-order valence-electron chi connectivity index (χ0n) is 14.1. The van der Waals surface area contributed by atoms with Crippen LogP contribution in [0.5, 0.6) is 0 Å². The molecule has 0 aliphatic carbocycles. The van der Waals surface area contributed by atoms with Gasteiger partial charge in [-0.15, -0.1) is 0 Å². The van der Waals surface area contributed by atoms with Gasteiger partial charge in [0.15, 0.2) is 6.08 Å². The van der Waals surface area contributed by atoms with E-state index in [2.05, 4.69) is 0 Å². The first-order chi connectivity index (χ1) is 12.6. The van der Waals surface area contributed by atoms with Gasteiger partial charge in [0.1, 0.15) is 11.6 Å². The first kappa shape index (κ1) is 16.9. The summed E-state index contributed by atoms with van der Waals surface area (Å²) >= 11 is 5.89. The maximum Gasteiger partial charge on any atom is 0.313 e. The van der Waals surface area contributed by atoms with E-state index < -0.39 is 50.8 Å². The van der Waals surface area contributed by atoms with Crippen molar-refractivity contribution in [1.29, 1.82) is 0 Å². The molecule has 0 saturated heterocycles. The molecule has 0 radical (unpaired) electrons. The van der Waals surface area contributed by atoms with Gasteiger partial charge in [-0.3, -0.25) is 4.79 Å². The smallest absolute Gasteiger partial charge is 0.313 e. The molecule has 0 amide bonds. The van der Waals surface area contributed by atoms with Crippen LogP contribution in [0.2, 0.25) is 5.02 Å². The Bertz CT molecular complexity index is 1020. The average molecular weight is 399 g/mol. The summed E-state index contributed by atoms with van der Waals surface area (Å²) in [6, 6.07) is 11.6. The number of hydrogen-bond donors (Lipinski definition) is 1. The van der Waals surface area contributed by atoms with Crippen LogP contribution in [0.25, 0.3) is 0 Å². The lowest BCUT2D eigenvalue weighted by Crippen LogP contribution is -2.17. The summed E-state index contributed by atoms with van der Waals surface area (Å²) in [6.07, 6.45) is -2.69. The van der Waals surface area contributed by atoms with Crippen LogP contribution in [0.1, 0.15) is 18.6 Å². The van der Waals surface area contributed by atoms with Crippen molar-refractivity contribution in [2.75, 3.05) is 0 Å². The molecular formula is C17H13ClFNO5S. The summed E-state index contributed by atoms with van der Waals surface area (Å²) < 4.78 is 56.6. The number of hydrogen-bond acceptors (Lipinski definition) is 6. The molecule has 136 valence electrons. The lowest BCUT2D eigenvalue weighted by Gasteiger charge is -2.12. The van der Waals surface area contributed by atoms with Gasteiger partial charge in [-0.05, 0) is 17.7 Å². The Morgan fingerprint density at radius 2 is 1.92 bits per heavy atom. The van der Waals surface area contributed by atoms with Crippen molar-refractivity contribution >= 4 is 27.5 Å². The van der Waals surface area contributed by atoms with Gasteiger partial charge < -0.3 is 14.7 Å². The molecule has 1 heterocycles. The predicted octanol–water partition coefficient (Wildman–Crippen LogP) is 2.79. The summed E-state index contributed by atoms with van der Waals surface area (Å²) in [6.45, 7) is 0. The monoisotopic (exact) mass is 398 g/mol. The van der Waals surface area contributed by atoms with Crippen LogP contribution in [0.3, 0.4) is 0 Å². The summed E-state index contributed by atoms with van der Waals surface area (Å²) in [5.74, 6) is -4.43. The topological polar surface area (TPSA) is 95.7 Å². The Labute approximate surface area is 155 Å². The number of carbonyl (C=O) groups excluding carboxylic acids is 1. The third-order valence-electron chi connectivity index (χ3n) is 3.43. The van der Waals surface area contributed by atoms with Crippen LogP contribution >= 0.6 is 11.6 Å². The first-order valence-corrected chi connectivity index (χ1v) is 9.24. The van der Waals surface area contributed by atoms with E-state index in [0.29, 0.717) is 5.56 Å². The molecule has 2 aromatic carbocycles. The second-order valence-electron chi connectivity index (χ2n) is 5.32. The van der Waals surface area contributed by atoms with Crippen LogP contribution in [-0.4, -0.2) is 14.2 Å². The molecule has 6 nitrogen and oxygen atoms in total. The molecule has 0 bridgehead atoms. The Balaban J connectivity index is 1.90. The number of benzene rings is 2. The molecule has 1 aliphatic heterocycles. The van der Waals surface area contributed by atoms with Gasteiger partial charge in [-0.1, -0.05) is 48.0 Å². The highest BCUT2D eigenvalue weighted by molar-refractivity contribution is 7.86. The van der Waals surface area contributed by atoms with Crippen molar-refractivity contribution in [1.82, 2.24) is 0 Å². The lowest BCUT2D eigenvalue weighted by molar-refractivity contribution is -0.123. The van der Waals surface area contributed by atoms with Crippen LogP contribution in [0.4, 0.5) is 4.39 Å². The molecule has 3 rings (SSSR count). The summed E-state index contributed by atoms with van der Waals surface area (Å²) in [7, 11) is -4.29. The molecule has 0 unspecified atom stereocenters. The maximum atomic E-state index is 14.1. The molecule has 0 spiro atoms. The SMILES string of the molecule is [2H][C@@]1(c2c(F)cccc2Cl)OC(N)=C(OS(=O)(=O)Cc2ccccc2)C1=O. The molecular weight excluding hydrogens is 385 g/mol. The van der Waals surface area contributed by atoms with E-state index in [0.717, 1.165) is 6.07 Å². The fourth-order valence-electron chi connectivity index (χ4n) is 2.31. The maximum absolute atomic E-state index is 14.1. The van der Waals surface area contributed by atoms with Gasteiger partial charge in [0, 0.05) is 0 Å². The average Bonchev–Trinajstić information content (AvgIpc) is 2.79. The Hall–Kier alpha value is -2.58. The van der Waals surface area contributed by atoms with Gasteiger partial charge in [0.2, 0.25) is 17.4 Å². The van der Waals surface area contributed by atoms with Crippen molar-refractivity contribution in [2.45, 2.75) is 11.8 Å². The highest BCUT2D eigenvalue weighted by atomic mass is 35.5. The van der Waals surface area contributed by atoms with Gasteiger partial charge in [0.05, 0.1) is 12.0 Å². The third kappa shape index (κ3) is 3.66. The first-order valence-electron chi connectivity index (χ1n) is 7.78. The van der Waals surface area contributed by atoms with Crippen molar-refractivity contribution < 1.29 is 27.9 Å². The van der Waals surface area contributed by atoms with Crippen LogP contribution in [-0.2, 0) is 29.6 Å². The van der Waals surface area contributed by atoms with Crippen molar-refractivity contribution in [2.24, 2.45) is 5.73 Å². The van der Waals surface area contributed by atoms with E-state index in [4.69, 9.17) is 27.6 Å². The molecule has 0 saturated carbocycles. The number of ether oxygens (including phenoxy) is 1. The summed E-state index contributed by atoms with van der Waals surface area (Å²) in [4.78, 5) is 12.6. The second-order valence-corrected chi connectivity index (χ2v) is 7.30. The molecule has 26 heavy (non-hydrogen) atoms. The number of halogens is 2. The normalized spacial score (nSPS) is 20.7. The number of rotatable bonds is 5. The van der Waals surface area contributed by atoms with Crippen molar-refractivity contribution in [3.05, 3.63) is 82.1 Å². The minimum Gasteiger partial charge on any atom is -0.460 e. The molecule has 2 aromatic rings. The van der Waals surface area contributed by atoms with Crippen LogP contribution < -0.4 is 5.73 Å². The van der Waals surface area contributed by atoms with E-state index in [-0.39, 0.29) is 5.02 Å². The van der Waals surface area contributed by atoms with Crippen molar-refractivity contribution in [3.8, 4) is 0 Å². The minimum atomic E-state index is -4.29. The fraction of sp³-hybridized carbons (Fsp3) is 0.118. The quantitative estimate of drug-likeness (QED) is 0.778. The van der Waals surface area contributed by atoms with Gasteiger partial charge in [-0.25, -0.2) is 4.39 Å². The number of nitrogens with two attached hydrogens (primary N) is 1. The number of carbonyl (C=O) groups is 1. The zero-order valence-corrected chi connectivity index (χ0v) is 14.7. The zero-order chi connectivity index (χ0) is 19.8. The van der Waals surface area contributed by atoms with E-state index in [1.807, 2.05) is 0 Å². The lowest BCUT2D eigenvalue weighted by atomic mass is 10.1.